The van der Waals surface area contributed by atoms with E-state index in [1.807, 2.05) is 0 Å². The van der Waals surface area contributed by atoms with E-state index in [-0.39, 0.29) is 0 Å². The number of aliphatic hydroxyl groups is 1. The molecular weight excluding hydrogens is 210 g/mol. The van der Waals surface area contributed by atoms with Crippen molar-refractivity contribution in [1.82, 2.24) is 5.32 Å². The van der Waals surface area contributed by atoms with Crippen molar-refractivity contribution in [2.45, 2.75) is 65.4 Å². The molecule has 0 spiro atoms. The lowest BCUT2D eigenvalue weighted by Crippen LogP contribution is -2.44. The van der Waals surface area contributed by atoms with Crippen molar-refractivity contribution < 1.29 is 5.11 Å². The van der Waals surface area contributed by atoms with Crippen LogP contribution in [0, 0.1) is 17.8 Å². The molecule has 0 aromatic carbocycles. The highest BCUT2D eigenvalue weighted by Gasteiger charge is 2.29. The van der Waals surface area contributed by atoms with E-state index in [1.165, 1.54) is 19.3 Å². The SMILES string of the molecule is CC(C)C(CNCC1(O)CCCCC1)C(C)C. The van der Waals surface area contributed by atoms with Crippen LogP contribution in [0.2, 0.25) is 0 Å². The molecule has 0 aromatic rings. The summed E-state index contributed by atoms with van der Waals surface area (Å²) in [5.74, 6) is 2.13. The fourth-order valence-electron chi connectivity index (χ4n) is 3.10. The quantitative estimate of drug-likeness (QED) is 0.748. The second-order valence-electron chi connectivity index (χ2n) is 6.57. The van der Waals surface area contributed by atoms with Gasteiger partial charge in [-0.05, 0) is 37.1 Å². The van der Waals surface area contributed by atoms with Gasteiger partial charge in [0.05, 0.1) is 5.60 Å². The molecule has 1 aliphatic carbocycles. The minimum Gasteiger partial charge on any atom is -0.389 e. The first-order chi connectivity index (χ1) is 7.94. The van der Waals surface area contributed by atoms with E-state index in [2.05, 4.69) is 33.0 Å². The molecule has 1 aliphatic rings. The predicted octanol–water partition coefficient (Wildman–Crippen LogP) is 3.20. The van der Waals surface area contributed by atoms with Crippen molar-refractivity contribution >= 4 is 0 Å². The van der Waals surface area contributed by atoms with Gasteiger partial charge >= 0.3 is 0 Å². The van der Waals surface area contributed by atoms with Gasteiger partial charge in [0.1, 0.15) is 0 Å². The van der Waals surface area contributed by atoms with Crippen LogP contribution in [0.3, 0.4) is 0 Å². The van der Waals surface area contributed by atoms with E-state index in [0.29, 0.717) is 17.8 Å². The highest BCUT2D eigenvalue weighted by atomic mass is 16.3. The van der Waals surface area contributed by atoms with Crippen molar-refractivity contribution in [1.29, 1.82) is 0 Å². The lowest BCUT2D eigenvalue weighted by Gasteiger charge is -2.34. The van der Waals surface area contributed by atoms with E-state index >= 15 is 0 Å². The van der Waals surface area contributed by atoms with Gasteiger partial charge in [-0.25, -0.2) is 0 Å². The fourth-order valence-corrected chi connectivity index (χ4v) is 3.10. The lowest BCUT2D eigenvalue weighted by molar-refractivity contribution is 0.00341. The number of hydrogen-bond acceptors (Lipinski definition) is 2. The Morgan fingerprint density at radius 3 is 2.00 bits per heavy atom. The molecule has 0 bridgehead atoms. The average molecular weight is 241 g/mol. The van der Waals surface area contributed by atoms with Crippen LogP contribution in [0.25, 0.3) is 0 Å². The Balaban J connectivity index is 2.30. The molecule has 0 heterocycles. The summed E-state index contributed by atoms with van der Waals surface area (Å²) in [6.45, 7) is 11.0. The molecular formula is C15H31NO. The molecule has 0 amide bonds. The molecule has 0 aromatic heterocycles. The van der Waals surface area contributed by atoms with E-state index in [1.54, 1.807) is 0 Å². The second-order valence-corrected chi connectivity index (χ2v) is 6.57. The van der Waals surface area contributed by atoms with Crippen molar-refractivity contribution in [3.8, 4) is 0 Å². The molecule has 2 heteroatoms. The summed E-state index contributed by atoms with van der Waals surface area (Å²) < 4.78 is 0. The number of rotatable bonds is 6. The molecule has 2 nitrogen and oxygen atoms in total. The minimum absolute atomic E-state index is 0.420. The van der Waals surface area contributed by atoms with Crippen molar-refractivity contribution in [2.75, 3.05) is 13.1 Å². The summed E-state index contributed by atoms with van der Waals surface area (Å²) in [7, 11) is 0. The first kappa shape index (κ1) is 15.0. The summed E-state index contributed by atoms with van der Waals surface area (Å²) in [5.41, 5.74) is -0.420. The lowest BCUT2D eigenvalue weighted by atomic mass is 9.83. The standard InChI is InChI=1S/C15H31NO/c1-12(2)14(13(3)4)10-16-11-15(17)8-6-5-7-9-15/h12-14,16-17H,5-11H2,1-4H3. The van der Waals surface area contributed by atoms with E-state index < -0.39 is 5.60 Å². The van der Waals surface area contributed by atoms with Crippen LogP contribution >= 0.6 is 0 Å². The summed E-state index contributed by atoms with van der Waals surface area (Å²) in [6.07, 6.45) is 5.64. The molecule has 1 saturated carbocycles. The second kappa shape index (κ2) is 6.75. The van der Waals surface area contributed by atoms with Crippen molar-refractivity contribution in [3.05, 3.63) is 0 Å². The zero-order chi connectivity index (χ0) is 12.9. The molecule has 2 N–H and O–H groups in total. The van der Waals surface area contributed by atoms with Gasteiger partial charge in [0.25, 0.3) is 0 Å². The molecule has 0 radical (unpaired) electrons. The Morgan fingerprint density at radius 1 is 1.00 bits per heavy atom. The van der Waals surface area contributed by atoms with Crippen LogP contribution in [0.5, 0.6) is 0 Å². The Hall–Kier alpha value is -0.0800. The summed E-state index contributed by atoms with van der Waals surface area (Å²) in [6, 6.07) is 0. The van der Waals surface area contributed by atoms with Gasteiger partial charge in [-0.15, -0.1) is 0 Å². The largest absolute Gasteiger partial charge is 0.389 e. The first-order valence-corrected chi connectivity index (χ1v) is 7.38. The number of nitrogens with one attached hydrogen (secondary N) is 1. The first-order valence-electron chi connectivity index (χ1n) is 7.38. The van der Waals surface area contributed by atoms with Gasteiger partial charge in [0, 0.05) is 6.54 Å². The Kier molecular flexibility index (Phi) is 5.94. The minimum atomic E-state index is -0.420. The van der Waals surface area contributed by atoms with Gasteiger partial charge in [0.15, 0.2) is 0 Å². The van der Waals surface area contributed by atoms with Crippen LogP contribution in [-0.2, 0) is 0 Å². The maximum Gasteiger partial charge on any atom is 0.0771 e. The zero-order valence-corrected chi connectivity index (χ0v) is 12.1. The fraction of sp³-hybridized carbons (Fsp3) is 1.00. The molecule has 102 valence electrons. The van der Waals surface area contributed by atoms with Crippen LogP contribution < -0.4 is 5.32 Å². The molecule has 0 atom stereocenters. The third-order valence-electron chi connectivity index (χ3n) is 4.33. The Bertz CT molecular complexity index is 199. The van der Waals surface area contributed by atoms with Crippen molar-refractivity contribution in [2.24, 2.45) is 17.8 Å². The van der Waals surface area contributed by atoms with E-state index in [9.17, 15) is 5.11 Å². The normalized spacial score (nSPS) is 20.5. The van der Waals surface area contributed by atoms with Gasteiger partial charge < -0.3 is 10.4 Å². The zero-order valence-electron chi connectivity index (χ0n) is 12.1. The highest BCUT2D eigenvalue weighted by molar-refractivity contribution is 4.85. The highest BCUT2D eigenvalue weighted by Crippen LogP contribution is 2.27. The third kappa shape index (κ3) is 4.97. The van der Waals surface area contributed by atoms with E-state index in [4.69, 9.17) is 0 Å². The van der Waals surface area contributed by atoms with E-state index in [0.717, 1.165) is 25.9 Å². The summed E-state index contributed by atoms with van der Waals surface area (Å²) in [5, 5.41) is 13.9. The monoisotopic (exact) mass is 241 g/mol. The van der Waals surface area contributed by atoms with Crippen molar-refractivity contribution in [3.63, 3.8) is 0 Å². The third-order valence-corrected chi connectivity index (χ3v) is 4.33. The van der Waals surface area contributed by atoms with Crippen LogP contribution in [0.4, 0.5) is 0 Å². The van der Waals surface area contributed by atoms with Crippen LogP contribution in [-0.4, -0.2) is 23.8 Å². The topological polar surface area (TPSA) is 32.3 Å². The molecule has 0 saturated heterocycles. The smallest absolute Gasteiger partial charge is 0.0771 e. The number of hydrogen-bond donors (Lipinski definition) is 2. The van der Waals surface area contributed by atoms with Crippen LogP contribution in [0.15, 0.2) is 0 Å². The summed E-state index contributed by atoms with van der Waals surface area (Å²) in [4.78, 5) is 0. The van der Waals surface area contributed by atoms with Gasteiger partial charge in [-0.2, -0.15) is 0 Å². The maximum atomic E-state index is 10.4. The molecule has 0 aliphatic heterocycles. The maximum absolute atomic E-state index is 10.4. The predicted molar refractivity (Wildman–Crippen MR) is 74.1 cm³/mol. The van der Waals surface area contributed by atoms with Gasteiger partial charge in [0.2, 0.25) is 0 Å². The molecule has 1 rings (SSSR count). The summed E-state index contributed by atoms with van der Waals surface area (Å²) >= 11 is 0. The molecule has 1 fully saturated rings. The van der Waals surface area contributed by atoms with Gasteiger partial charge in [-0.3, -0.25) is 0 Å². The molecule has 0 unspecified atom stereocenters. The van der Waals surface area contributed by atoms with Gasteiger partial charge in [-0.1, -0.05) is 47.0 Å². The Labute approximate surface area is 107 Å². The van der Waals surface area contributed by atoms with Crippen LogP contribution in [0.1, 0.15) is 59.8 Å². The Morgan fingerprint density at radius 2 is 1.53 bits per heavy atom. The average Bonchev–Trinajstić information content (AvgIpc) is 2.24. The molecule has 17 heavy (non-hydrogen) atoms.